The van der Waals surface area contributed by atoms with Crippen molar-refractivity contribution in [1.82, 2.24) is 0 Å². The lowest BCUT2D eigenvalue weighted by Gasteiger charge is -2.22. The van der Waals surface area contributed by atoms with Gasteiger partial charge in [-0.1, -0.05) is 15.9 Å². The smallest absolute Gasteiger partial charge is 0.270 e. The fourth-order valence-corrected chi connectivity index (χ4v) is 2.68. The molecule has 0 N–H and O–H groups in total. The average molecular weight is 376 g/mol. The van der Waals surface area contributed by atoms with Gasteiger partial charge in [0.05, 0.1) is 23.3 Å². The lowest BCUT2D eigenvalue weighted by atomic mass is 10.1. The van der Waals surface area contributed by atoms with Gasteiger partial charge < -0.3 is 9.64 Å². The summed E-state index contributed by atoms with van der Waals surface area (Å²) in [5.41, 5.74) is 1.72. The molecular weight excluding hydrogens is 362 g/mol. The number of anilines is 1. The topological polar surface area (TPSA) is 79.4 Å². The number of nitrogens with zero attached hydrogens (tertiary/aromatic N) is 3. The highest BCUT2D eigenvalue weighted by Gasteiger charge is 2.15. The Morgan fingerprint density at radius 3 is 2.70 bits per heavy atom. The maximum absolute atomic E-state index is 10.8. The molecule has 0 bridgehead atoms. The minimum Gasteiger partial charge on any atom is -0.496 e. The molecule has 6 nitrogen and oxygen atoms in total. The van der Waals surface area contributed by atoms with Crippen LogP contribution in [0.1, 0.15) is 11.1 Å². The number of hydrogen-bond donors (Lipinski definition) is 0. The Bertz CT molecular complexity index is 787. The molecule has 0 aliphatic carbocycles. The molecule has 0 saturated carbocycles. The van der Waals surface area contributed by atoms with Crippen molar-refractivity contribution in [3.05, 3.63) is 62.1 Å². The van der Waals surface area contributed by atoms with Crippen LogP contribution in [0.2, 0.25) is 0 Å². The van der Waals surface area contributed by atoms with Crippen molar-refractivity contribution in [1.29, 1.82) is 5.26 Å². The van der Waals surface area contributed by atoms with Crippen molar-refractivity contribution in [3.63, 3.8) is 0 Å². The van der Waals surface area contributed by atoms with E-state index < -0.39 is 4.92 Å². The molecule has 2 rings (SSSR count). The van der Waals surface area contributed by atoms with Crippen molar-refractivity contribution in [2.45, 2.75) is 6.54 Å². The molecule has 0 aliphatic rings. The summed E-state index contributed by atoms with van der Waals surface area (Å²) in [6, 6.07) is 11.9. The molecule has 118 valence electrons. The molecule has 0 amide bonds. The molecule has 0 unspecified atom stereocenters. The summed E-state index contributed by atoms with van der Waals surface area (Å²) in [6.07, 6.45) is 0. The van der Waals surface area contributed by atoms with E-state index in [0.29, 0.717) is 12.2 Å². The summed E-state index contributed by atoms with van der Waals surface area (Å²) in [5, 5.41) is 20.1. The molecule has 0 heterocycles. The van der Waals surface area contributed by atoms with Gasteiger partial charge in [0, 0.05) is 35.8 Å². The van der Waals surface area contributed by atoms with Gasteiger partial charge in [0.1, 0.15) is 11.8 Å². The first-order chi connectivity index (χ1) is 11.0. The highest BCUT2D eigenvalue weighted by atomic mass is 79.9. The normalized spacial score (nSPS) is 10.0. The summed E-state index contributed by atoms with van der Waals surface area (Å²) >= 11 is 3.42. The summed E-state index contributed by atoms with van der Waals surface area (Å²) in [7, 11) is 3.42. The summed E-state index contributed by atoms with van der Waals surface area (Å²) in [4.78, 5) is 12.2. The molecule has 0 radical (unpaired) electrons. The zero-order valence-corrected chi connectivity index (χ0v) is 14.2. The quantitative estimate of drug-likeness (QED) is 0.585. The van der Waals surface area contributed by atoms with Gasteiger partial charge in [-0.25, -0.2) is 0 Å². The second-order valence-electron chi connectivity index (χ2n) is 4.88. The molecule has 0 atom stereocenters. The fraction of sp³-hybridized carbons (Fsp3) is 0.188. The van der Waals surface area contributed by atoms with Crippen molar-refractivity contribution in [3.8, 4) is 11.8 Å². The molecule has 2 aromatic carbocycles. The molecule has 0 saturated heterocycles. The van der Waals surface area contributed by atoms with E-state index in [9.17, 15) is 15.4 Å². The lowest BCUT2D eigenvalue weighted by molar-refractivity contribution is -0.384. The third-order valence-corrected chi connectivity index (χ3v) is 3.87. The molecule has 2 aromatic rings. The van der Waals surface area contributed by atoms with Gasteiger partial charge in [-0.05, 0) is 24.3 Å². The predicted octanol–water partition coefficient (Wildman–Crippen LogP) is 3.87. The van der Waals surface area contributed by atoms with Crippen molar-refractivity contribution < 1.29 is 9.66 Å². The first-order valence-electron chi connectivity index (χ1n) is 6.68. The lowest BCUT2D eigenvalue weighted by Crippen LogP contribution is -2.18. The van der Waals surface area contributed by atoms with E-state index in [0.717, 1.165) is 15.8 Å². The second-order valence-corrected chi connectivity index (χ2v) is 5.80. The Labute approximate surface area is 142 Å². The highest BCUT2D eigenvalue weighted by Crippen LogP contribution is 2.28. The molecule has 7 heteroatoms. The van der Waals surface area contributed by atoms with Crippen molar-refractivity contribution in [2.24, 2.45) is 0 Å². The first-order valence-corrected chi connectivity index (χ1v) is 7.47. The Hall–Kier alpha value is -2.59. The number of nitro benzene ring substituents is 1. The number of rotatable bonds is 5. The van der Waals surface area contributed by atoms with Crippen LogP contribution < -0.4 is 9.64 Å². The Balaban J connectivity index is 2.35. The van der Waals surface area contributed by atoms with Crippen LogP contribution in [0.15, 0.2) is 40.9 Å². The van der Waals surface area contributed by atoms with Gasteiger partial charge in [0.25, 0.3) is 5.69 Å². The summed E-state index contributed by atoms with van der Waals surface area (Å²) < 4.78 is 6.26. The predicted molar refractivity (Wildman–Crippen MR) is 90.6 cm³/mol. The van der Waals surface area contributed by atoms with E-state index in [1.54, 1.807) is 13.2 Å². The van der Waals surface area contributed by atoms with Crippen LogP contribution in [0, 0.1) is 21.4 Å². The largest absolute Gasteiger partial charge is 0.496 e. The molecule has 0 spiro atoms. The maximum Gasteiger partial charge on any atom is 0.270 e. The number of methoxy groups -OCH3 is 1. The molecule has 0 aromatic heterocycles. The van der Waals surface area contributed by atoms with Crippen LogP contribution in [0.3, 0.4) is 0 Å². The van der Waals surface area contributed by atoms with E-state index in [1.165, 1.54) is 12.1 Å². The summed E-state index contributed by atoms with van der Waals surface area (Å²) in [5.74, 6) is 0.737. The van der Waals surface area contributed by atoms with E-state index in [-0.39, 0.29) is 11.3 Å². The number of ether oxygens (including phenoxy) is 1. The van der Waals surface area contributed by atoms with Gasteiger partial charge >= 0.3 is 0 Å². The summed E-state index contributed by atoms with van der Waals surface area (Å²) in [6.45, 7) is 0.495. The SMILES string of the molecule is COc1ccc(Br)cc1CN(C)c1ccc([N+](=O)[O-])cc1C#N. The fourth-order valence-electron chi connectivity index (χ4n) is 2.27. The second kappa shape index (κ2) is 7.11. The van der Waals surface area contributed by atoms with Crippen molar-refractivity contribution in [2.75, 3.05) is 19.1 Å². The van der Waals surface area contributed by atoms with E-state index in [4.69, 9.17) is 4.74 Å². The van der Waals surface area contributed by atoms with Crippen molar-refractivity contribution >= 4 is 27.3 Å². The maximum atomic E-state index is 10.8. The number of benzene rings is 2. The average Bonchev–Trinajstić information content (AvgIpc) is 2.54. The van der Waals surface area contributed by atoms with Crippen LogP contribution in [0.4, 0.5) is 11.4 Å². The minimum atomic E-state index is -0.512. The highest BCUT2D eigenvalue weighted by molar-refractivity contribution is 9.10. The third-order valence-electron chi connectivity index (χ3n) is 3.37. The van der Waals surface area contributed by atoms with Crippen LogP contribution in [0.5, 0.6) is 5.75 Å². The van der Waals surface area contributed by atoms with Gasteiger partial charge in [-0.15, -0.1) is 0 Å². The Kier molecular flexibility index (Phi) is 5.19. The number of hydrogen-bond acceptors (Lipinski definition) is 5. The number of non-ortho nitro benzene ring substituents is 1. The van der Waals surface area contributed by atoms with Gasteiger partial charge in [-0.2, -0.15) is 5.26 Å². The number of nitriles is 1. The molecular formula is C16H14BrN3O3. The Morgan fingerprint density at radius 2 is 2.09 bits per heavy atom. The first kappa shape index (κ1) is 16.8. The minimum absolute atomic E-state index is 0.0984. The zero-order valence-electron chi connectivity index (χ0n) is 12.6. The Morgan fingerprint density at radius 1 is 1.35 bits per heavy atom. The van der Waals surface area contributed by atoms with Gasteiger partial charge in [-0.3, -0.25) is 10.1 Å². The van der Waals surface area contributed by atoms with Gasteiger partial charge in [0.2, 0.25) is 0 Å². The van der Waals surface area contributed by atoms with Crippen LogP contribution in [-0.4, -0.2) is 19.1 Å². The molecule has 23 heavy (non-hydrogen) atoms. The third kappa shape index (κ3) is 3.79. The van der Waals surface area contributed by atoms with E-state index in [2.05, 4.69) is 15.9 Å². The van der Waals surface area contributed by atoms with Gasteiger partial charge in [0.15, 0.2) is 0 Å². The standard InChI is InChI=1S/C16H14BrN3O3/c1-19(10-12-7-13(17)3-6-16(12)23-2)15-5-4-14(20(21)22)8-11(15)9-18/h3-8H,10H2,1-2H3. The molecule has 0 aliphatic heterocycles. The number of nitro groups is 1. The number of halogens is 1. The van der Waals surface area contributed by atoms with Crippen LogP contribution in [-0.2, 0) is 6.54 Å². The zero-order chi connectivity index (χ0) is 17.0. The monoisotopic (exact) mass is 375 g/mol. The van der Waals surface area contributed by atoms with Crippen LogP contribution >= 0.6 is 15.9 Å². The van der Waals surface area contributed by atoms with E-state index in [1.807, 2.05) is 36.2 Å². The molecule has 0 fully saturated rings. The van der Waals surface area contributed by atoms with Crippen LogP contribution in [0.25, 0.3) is 0 Å². The van der Waals surface area contributed by atoms with E-state index >= 15 is 0 Å².